The van der Waals surface area contributed by atoms with Gasteiger partial charge in [0, 0.05) is 59.4 Å². The first-order valence-corrected chi connectivity index (χ1v) is 9.48. The second kappa shape index (κ2) is 7.20. The maximum Gasteiger partial charge on any atom is 0.258 e. The molecule has 0 saturated heterocycles. The number of carbonyl (C=O) groups is 1. The highest BCUT2D eigenvalue weighted by atomic mass is 32.1. The molecular formula is C20H18N4O2S. The van der Waals surface area contributed by atoms with Crippen LogP contribution in [-0.4, -0.2) is 26.4 Å². The zero-order chi connectivity index (χ0) is 18.8. The molecule has 6 nitrogen and oxygen atoms in total. The number of aromatic nitrogens is 3. The lowest BCUT2D eigenvalue weighted by Gasteiger charge is -2.07. The maximum absolute atomic E-state index is 12.3. The fraction of sp³-hybridized carbons (Fsp3) is 0.150. The molecular weight excluding hydrogens is 360 g/mol. The molecule has 7 heteroatoms. The number of thiazole rings is 1. The molecule has 1 amide bonds. The molecule has 0 radical (unpaired) electrons. The number of amides is 1. The number of hydrogen-bond acceptors (Lipinski definition) is 4. The molecule has 1 N–H and O–H groups in total. The summed E-state index contributed by atoms with van der Waals surface area (Å²) in [4.78, 5) is 29.6. The Bertz CT molecular complexity index is 1140. The van der Waals surface area contributed by atoms with Gasteiger partial charge < -0.3 is 9.88 Å². The van der Waals surface area contributed by atoms with Gasteiger partial charge in [0.15, 0.2) is 4.96 Å². The van der Waals surface area contributed by atoms with E-state index in [0.29, 0.717) is 29.2 Å². The molecule has 0 spiro atoms. The first-order valence-electron chi connectivity index (χ1n) is 8.60. The summed E-state index contributed by atoms with van der Waals surface area (Å²) in [5.41, 5.74) is 3.10. The number of benzene rings is 1. The highest BCUT2D eigenvalue weighted by Crippen LogP contribution is 2.13. The monoisotopic (exact) mass is 378 g/mol. The van der Waals surface area contributed by atoms with Gasteiger partial charge in [0.1, 0.15) is 0 Å². The molecule has 0 saturated carbocycles. The van der Waals surface area contributed by atoms with E-state index in [1.807, 2.05) is 65.7 Å². The lowest BCUT2D eigenvalue weighted by Crippen LogP contribution is -2.26. The van der Waals surface area contributed by atoms with Crippen LogP contribution in [0.25, 0.3) is 10.6 Å². The zero-order valence-corrected chi connectivity index (χ0v) is 15.6. The van der Waals surface area contributed by atoms with E-state index in [-0.39, 0.29) is 11.5 Å². The Hall–Kier alpha value is -3.19. The van der Waals surface area contributed by atoms with Crippen LogP contribution < -0.4 is 10.9 Å². The molecule has 4 rings (SSSR count). The Morgan fingerprint density at radius 3 is 2.67 bits per heavy atom. The molecule has 0 unspecified atom stereocenters. The van der Waals surface area contributed by atoms with Crippen molar-refractivity contribution in [2.45, 2.75) is 13.3 Å². The topological polar surface area (TPSA) is 68.4 Å². The van der Waals surface area contributed by atoms with Crippen molar-refractivity contribution in [2.24, 2.45) is 0 Å². The molecule has 0 aliphatic rings. The number of hydrogen-bond donors (Lipinski definition) is 1. The third-order valence-corrected chi connectivity index (χ3v) is 5.18. The number of carbonyl (C=O) groups excluding carboxylic acids is 1. The van der Waals surface area contributed by atoms with Gasteiger partial charge in [-0.1, -0.05) is 0 Å². The molecule has 0 bridgehead atoms. The van der Waals surface area contributed by atoms with Crippen LogP contribution in [0.2, 0.25) is 0 Å². The molecule has 136 valence electrons. The van der Waals surface area contributed by atoms with Gasteiger partial charge in [0.25, 0.3) is 11.5 Å². The van der Waals surface area contributed by atoms with E-state index in [1.165, 1.54) is 17.4 Å². The SMILES string of the molecule is Cc1cc(=O)n2c(CCNC(=O)c3ccc(-n4cccc4)cc3)csc2n1. The van der Waals surface area contributed by atoms with Crippen molar-refractivity contribution in [2.75, 3.05) is 6.54 Å². The average molecular weight is 378 g/mol. The van der Waals surface area contributed by atoms with Crippen molar-refractivity contribution in [1.29, 1.82) is 0 Å². The van der Waals surface area contributed by atoms with Gasteiger partial charge in [-0.05, 0) is 43.3 Å². The molecule has 4 aromatic rings. The van der Waals surface area contributed by atoms with Crippen LogP contribution >= 0.6 is 11.3 Å². The molecule has 0 fully saturated rings. The minimum atomic E-state index is -0.130. The van der Waals surface area contributed by atoms with Gasteiger partial charge in [-0.15, -0.1) is 11.3 Å². The lowest BCUT2D eigenvalue weighted by atomic mass is 10.2. The Kier molecular flexibility index (Phi) is 4.60. The molecule has 0 atom stereocenters. The third kappa shape index (κ3) is 3.54. The van der Waals surface area contributed by atoms with Crippen molar-refractivity contribution in [1.82, 2.24) is 19.3 Å². The third-order valence-electron chi connectivity index (χ3n) is 4.30. The zero-order valence-electron chi connectivity index (χ0n) is 14.8. The van der Waals surface area contributed by atoms with Crippen LogP contribution in [0.15, 0.2) is 65.0 Å². The Morgan fingerprint density at radius 2 is 1.93 bits per heavy atom. The Labute approximate surface area is 159 Å². The number of aryl methyl sites for hydroxylation is 1. The smallest absolute Gasteiger partial charge is 0.258 e. The van der Waals surface area contributed by atoms with Gasteiger partial charge in [0.2, 0.25) is 0 Å². The fourth-order valence-electron chi connectivity index (χ4n) is 2.96. The average Bonchev–Trinajstić information content (AvgIpc) is 3.32. The lowest BCUT2D eigenvalue weighted by molar-refractivity contribution is 0.0954. The summed E-state index contributed by atoms with van der Waals surface area (Å²) in [5, 5.41) is 4.83. The van der Waals surface area contributed by atoms with E-state index in [1.54, 1.807) is 4.40 Å². The highest BCUT2D eigenvalue weighted by molar-refractivity contribution is 7.15. The number of nitrogens with zero attached hydrogens (tertiary/aromatic N) is 3. The van der Waals surface area contributed by atoms with Crippen LogP contribution in [0.3, 0.4) is 0 Å². The minimum Gasteiger partial charge on any atom is -0.352 e. The van der Waals surface area contributed by atoms with Gasteiger partial charge in [-0.2, -0.15) is 0 Å². The van der Waals surface area contributed by atoms with E-state index in [9.17, 15) is 9.59 Å². The predicted molar refractivity (Wildman–Crippen MR) is 106 cm³/mol. The first-order chi connectivity index (χ1) is 13.1. The maximum atomic E-state index is 12.3. The van der Waals surface area contributed by atoms with Crippen LogP contribution in [0.5, 0.6) is 0 Å². The first kappa shape index (κ1) is 17.2. The van der Waals surface area contributed by atoms with E-state index in [0.717, 1.165) is 11.4 Å². The second-order valence-corrected chi connectivity index (χ2v) is 7.06. The van der Waals surface area contributed by atoms with Crippen LogP contribution in [0.1, 0.15) is 21.7 Å². The largest absolute Gasteiger partial charge is 0.352 e. The summed E-state index contributed by atoms with van der Waals surface area (Å²) in [6, 6.07) is 12.9. The Morgan fingerprint density at radius 1 is 1.19 bits per heavy atom. The minimum absolute atomic E-state index is 0.0827. The number of rotatable bonds is 5. The van der Waals surface area contributed by atoms with E-state index >= 15 is 0 Å². The van der Waals surface area contributed by atoms with Gasteiger partial charge >= 0.3 is 0 Å². The van der Waals surface area contributed by atoms with Crippen molar-refractivity contribution in [3.8, 4) is 5.69 Å². The summed E-state index contributed by atoms with van der Waals surface area (Å²) >= 11 is 1.43. The number of fused-ring (bicyclic) bond motifs is 1. The second-order valence-electron chi connectivity index (χ2n) is 6.22. The van der Waals surface area contributed by atoms with Gasteiger partial charge in [0.05, 0.1) is 0 Å². The summed E-state index contributed by atoms with van der Waals surface area (Å²) < 4.78 is 3.59. The summed E-state index contributed by atoms with van der Waals surface area (Å²) in [7, 11) is 0. The van der Waals surface area contributed by atoms with Crippen molar-refractivity contribution < 1.29 is 4.79 Å². The van der Waals surface area contributed by atoms with E-state index in [2.05, 4.69) is 10.3 Å². The molecule has 0 aliphatic carbocycles. The molecule has 27 heavy (non-hydrogen) atoms. The normalized spacial score (nSPS) is 11.0. The summed E-state index contributed by atoms with van der Waals surface area (Å²) in [5.74, 6) is -0.130. The Balaban J connectivity index is 1.41. The highest BCUT2D eigenvalue weighted by Gasteiger charge is 2.09. The van der Waals surface area contributed by atoms with Crippen molar-refractivity contribution >= 4 is 22.2 Å². The van der Waals surface area contributed by atoms with E-state index < -0.39 is 0 Å². The standard InChI is InChI=1S/C20H18N4O2S/c1-14-12-18(25)24-17(13-27-20(24)22-14)8-9-21-19(26)15-4-6-16(7-5-15)23-10-2-3-11-23/h2-7,10-13H,8-9H2,1H3,(H,21,26). The molecule has 3 heterocycles. The van der Waals surface area contributed by atoms with Gasteiger partial charge in [-0.25, -0.2) is 4.98 Å². The van der Waals surface area contributed by atoms with Crippen molar-refractivity contribution in [3.05, 3.63) is 87.5 Å². The van der Waals surface area contributed by atoms with Gasteiger partial charge in [-0.3, -0.25) is 14.0 Å². The predicted octanol–water partition coefficient (Wildman–Crippen LogP) is 2.83. The summed E-state index contributed by atoms with van der Waals surface area (Å²) in [6.45, 7) is 2.26. The van der Waals surface area contributed by atoms with E-state index in [4.69, 9.17) is 0 Å². The van der Waals surface area contributed by atoms with Crippen LogP contribution in [-0.2, 0) is 6.42 Å². The molecule has 1 aromatic carbocycles. The molecule has 0 aliphatic heterocycles. The number of nitrogens with one attached hydrogen (secondary N) is 1. The molecule has 3 aromatic heterocycles. The quantitative estimate of drug-likeness (QED) is 0.581. The van der Waals surface area contributed by atoms with Crippen molar-refractivity contribution in [3.63, 3.8) is 0 Å². The van der Waals surface area contributed by atoms with Crippen LogP contribution in [0.4, 0.5) is 0 Å². The summed E-state index contributed by atoms with van der Waals surface area (Å²) in [6.07, 6.45) is 4.48. The fourth-order valence-corrected chi connectivity index (χ4v) is 3.93. The van der Waals surface area contributed by atoms with Crippen LogP contribution in [0, 0.1) is 6.92 Å².